The van der Waals surface area contributed by atoms with Crippen LogP contribution in [-0.4, -0.2) is 41.5 Å². The molecule has 132 valence electrons. The molecule has 3 heterocycles. The second kappa shape index (κ2) is 6.67. The number of nitrogens with zero attached hydrogens (tertiary/aromatic N) is 4. The maximum Gasteiger partial charge on any atom is 0.222 e. The van der Waals surface area contributed by atoms with E-state index in [1.54, 1.807) is 12.3 Å². The van der Waals surface area contributed by atoms with Gasteiger partial charge in [-0.05, 0) is 49.7 Å². The van der Waals surface area contributed by atoms with Gasteiger partial charge in [0.25, 0.3) is 0 Å². The summed E-state index contributed by atoms with van der Waals surface area (Å²) in [4.78, 5) is 21.4. The first-order valence-electron chi connectivity index (χ1n) is 9.60. The van der Waals surface area contributed by atoms with E-state index < -0.39 is 0 Å². The van der Waals surface area contributed by atoms with Gasteiger partial charge in [0.15, 0.2) is 0 Å². The van der Waals surface area contributed by atoms with Crippen molar-refractivity contribution in [3.63, 3.8) is 0 Å². The van der Waals surface area contributed by atoms with E-state index in [1.807, 2.05) is 6.07 Å². The molecule has 0 bridgehead atoms. The highest BCUT2D eigenvalue weighted by Crippen LogP contribution is 2.42. The van der Waals surface area contributed by atoms with Crippen LogP contribution in [-0.2, 0) is 4.79 Å². The van der Waals surface area contributed by atoms with Crippen LogP contribution in [0.3, 0.4) is 0 Å². The molecule has 5 nitrogen and oxygen atoms in total. The molecule has 0 atom stereocenters. The Bertz CT molecular complexity index is 681. The van der Waals surface area contributed by atoms with Crippen molar-refractivity contribution in [2.24, 2.45) is 5.41 Å². The summed E-state index contributed by atoms with van der Waals surface area (Å²) in [5.74, 6) is 1.29. The van der Waals surface area contributed by atoms with E-state index in [0.717, 1.165) is 51.1 Å². The van der Waals surface area contributed by atoms with Crippen LogP contribution >= 0.6 is 0 Å². The van der Waals surface area contributed by atoms with Gasteiger partial charge in [0.1, 0.15) is 5.82 Å². The van der Waals surface area contributed by atoms with E-state index >= 15 is 0 Å². The molecule has 1 amide bonds. The van der Waals surface area contributed by atoms with Crippen LogP contribution in [0.4, 0.5) is 5.82 Å². The van der Waals surface area contributed by atoms with Crippen molar-refractivity contribution in [2.45, 2.75) is 57.4 Å². The summed E-state index contributed by atoms with van der Waals surface area (Å²) >= 11 is 0. The van der Waals surface area contributed by atoms with Gasteiger partial charge in [0.05, 0.1) is 11.6 Å². The van der Waals surface area contributed by atoms with E-state index in [4.69, 9.17) is 5.26 Å². The first kappa shape index (κ1) is 16.4. The lowest BCUT2D eigenvalue weighted by molar-refractivity contribution is -0.141. The van der Waals surface area contributed by atoms with E-state index in [9.17, 15) is 4.79 Å². The van der Waals surface area contributed by atoms with Gasteiger partial charge in [0.2, 0.25) is 5.91 Å². The third kappa shape index (κ3) is 3.22. The molecule has 1 aliphatic carbocycles. The van der Waals surface area contributed by atoms with Crippen LogP contribution < -0.4 is 4.90 Å². The molecule has 1 aromatic heterocycles. The van der Waals surface area contributed by atoms with Crippen molar-refractivity contribution in [2.75, 3.05) is 24.5 Å². The van der Waals surface area contributed by atoms with Crippen molar-refractivity contribution in [1.29, 1.82) is 5.26 Å². The minimum absolute atomic E-state index is 0.292. The average molecular weight is 338 g/mol. The second-order valence-corrected chi connectivity index (χ2v) is 7.96. The zero-order valence-electron chi connectivity index (χ0n) is 14.8. The molecule has 1 saturated carbocycles. The Morgan fingerprint density at radius 2 is 1.96 bits per heavy atom. The average Bonchev–Trinajstić information content (AvgIpc) is 3.19. The van der Waals surface area contributed by atoms with Gasteiger partial charge in [-0.1, -0.05) is 12.8 Å². The van der Waals surface area contributed by atoms with Crippen LogP contribution in [0.25, 0.3) is 0 Å². The van der Waals surface area contributed by atoms with Crippen molar-refractivity contribution in [3.05, 3.63) is 23.9 Å². The number of rotatable bonds is 2. The number of anilines is 1. The smallest absolute Gasteiger partial charge is 0.222 e. The highest BCUT2D eigenvalue weighted by Gasteiger charge is 2.43. The first-order valence-corrected chi connectivity index (χ1v) is 9.60. The SMILES string of the molecule is N#Cc1ccnc(N2CCC3(CCC(=O)N(C4CCCC4)C3)CC2)c1. The number of piperidine rings is 2. The summed E-state index contributed by atoms with van der Waals surface area (Å²) < 4.78 is 0. The van der Waals surface area contributed by atoms with E-state index in [-0.39, 0.29) is 0 Å². The van der Waals surface area contributed by atoms with Gasteiger partial charge in [-0.3, -0.25) is 4.79 Å². The predicted octanol–water partition coefficient (Wildman–Crippen LogP) is 3.10. The summed E-state index contributed by atoms with van der Waals surface area (Å²) in [5.41, 5.74) is 0.959. The van der Waals surface area contributed by atoms with E-state index in [2.05, 4.69) is 20.9 Å². The maximum absolute atomic E-state index is 12.4. The molecule has 1 spiro atoms. The Kier molecular flexibility index (Phi) is 4.37. The highest BCUT2D eigenvalue weighted by atomic mass is 16.2. The van der Waals surface area contributed by atoms with Crippen molar-refractivity contribution in [3.8, 4) is 6.07 Å². The topological polar surface area (TPSA) is 60.2 Å². The Balaban J connectivity index is 1.43. The fraction of sp³-hybridized carbons (Fsp3) is 0.650. The second-order valence-electron chi connectivity index (χ2n) is 7.96. The number of pyridine rings is 1. The van der Waals surface area contributed by atoms with Gasteiger partial charge in [0, 0.05) is 38.3 Å². The van der Waals surface area contributed by atoms with Gasteiger partial charge in [-0.25, -0.2) is 4.98 Å². The van der Waals surface area contributed by atoms with Crippen molar-refractivity contribution >= 4 is 11.7 Å². The van der Waals surface area contributed by atoms with Crippen molar-refractivity contribution < 1.29 is 4.79 Å². The minimum Gasteiger partial charge on any atom is -0.357 e. The standard InChI is InChI=1S/C20H26N4O/c21-14-16-6-10-22-18(13-16)23-11-8-20(9-12-23)7-5-19(25)24(15-20)17-3-1-2-4-17/h6,10,13,17H,1-5,7-9,11-12,15H2. The van der Waals surface area contributed by atoms with Gasteiger partial charge >= 0.3 is 0 Å². The fourth-order valence-corrected chi connectivity index (χ4v) is 4.87. The van der Waals surface area contributed by atoms with E-state index in [1.165, 1.54) is 25.7 Å². The van der Waals surface area contributed by atoms with Gasteiger partial charge in [-0.15, -0.1) is 0 Å². The molecule has 2 aliphatic heterocycles. The number of hydrogen-bond acceptors (Lipinski definition) is 4. The minimum atomic E-state index is 0.292. The molecule has 25 heavy (non-hydrogen) atoms. The fourth-order valence-electron chi connectivity index (χ4n) is 4.87. The summed E-state index contributed by atoms with van der Waals surface area (Å²) in [6, 6.07) is 6.32. The maximum atomic E-state index is 12.4. The first-order chi connectivity index (χ1) is 12.2. The molecule has 3 fully saturated rings. The van der Waals surface area contributed by atoms with Gasteiger partial charge in [-0.2, -0.15) is 5.26 Å². The highest BCUT2D eigenvalue weighted by molar-refractivity contribution is 5.77. The van der Waals surface area contributed by atoms with Crippen LogP contribution in [0, 0.1) is 16.7 Å². The lowest BCUT2D eigenvalue weighted by Crippen LogP contribution is -2.54. The summed E-state index contributed by atoms with van der Waals surface area (Å²) in [7, 11) is 0. The Hall–Kier alpha value is -2.09. The van der Waals surface area contributed by atoms with Crippen LogP contribution in [0.5, 0.6) is 0 Å². The number of nitriles is 1. The number of amides is 1. The largest absolute Gasteiger partial charge is 0.357 e. The number of likely N-dealkylation sites (tertiary alicyclic amines) is 1. The summed E-state index contributed by atoms with van der Waals surface area (Å²) in [6.07, 6.45) is 10.6. The molecule has 0 unspecified atom stereocenters. The predicted molar refractivity (Wildman–Crippen MR) is 96.0 cm³/mol. The van der Waals surface area contributed by atoms with Crippen molar-refractivity contribution in [1.82, 2.24) is 9.88 Å². The lowest BCUT2D eigenvalue weighted by atomic mass is 9.72. The molecular weight excluding hydrogens is 312 g/mol. The molecule has 0 radical (unpaired) electrons. The number of hydrogen-bond donors (Lipinski definition) is 0. The zero-order valence-corrected chi connectivity index (χ0v) is 14.8. The quantitative estimate of drug-likeness (QED) is 0.831. The normalized spacial score (nSPS) is 23.9. The van der Waals surface area contributed by atoms with Gasteiger partial charge < -0.3 is 9.80 Å². The van der Waals surface area contributed by atoms with Crippen LogP contribution in [0.2, 0.25) is 0 Å². The molecule has 0 N–H and O–H groups in total. The molecule has 0 aromatic carbocycles. The summed E-state index contributed by atoms with van der Waals surface area (Å²) in [6.45, 7) is 2.89. The molecule has 3 aliphatic rings. The van der Waals surface area contributed by atoms with Crippen LogP contribution in [0.15, 0.2) is 18.3 Å². The number of carbonyl (C=O) groups excluding carboxylic acids is 1. The molecule has 2 saturated heterocycles. The molecule has 5 heteroatoms. The molecule has 1 aromatic rings. The Morgan fingerprint density at radius 1 is 1.20 bits per heavy atom. The molecular formula is C20H26N4O. The Labute approximate surface area is 149 Å². The third-order valence-corrected chi connectivity index (χ3v) is 6.48. The third-order valence-electron chi connectivity index (χ3n) is 6.48. The number of carbonyl (C=O) groups is 1. The molecule has 4 rings (SSSR count). The summed E-state index contributed by atoms with van der Waals surface area (Å²) in [5, 5.41) is 9.08. The Morgan fingerprint density at radius 3 is 2.68 bits per heavy atom. The zero-order chi connectivity index (χ0) is 17.3. The lowest BCUT2D eigenvalue weighted by Gasteiger charge is -2.49. The van der Waals surface area contributed by atoms with Crippen LogP contribution in [0.1, 0.15) is 56.9 Å². The number of aromatic nitrogens is 1. The van der Waals surface area contributed by atoms with E-state index in [0.29, 0.717) is 22.9 Å². The monoisotopic (exact) mass is 338 g/mol.